The zero-order chi connectivity index (χ0) is 25.4. The van der Waals surface area contributed by atoms with Gasteiger partial charge in [-0.1, -0.05) is 0 Å². The zero-order valence-electron chi connectivity index (χ0n) is 19.9. The van der Waals surface area contributed by atoms with Gasteiger partial charge in [-0.3, -0.25) is 19.8 Å². The fraction of sp³-hybridized carbons (Fsp3) is 0.280. The van der Waals surface area contributed by atoms with E-state index >= 15 is 0 Å². The van der Waals surface area contributed by atoms with Gasteiger partial charge in [0.1, 0.15) is 5.01 Å². The first-order chi connectivity index (χ1) is 18.0. The molecule has 37 heavy (non-hydrogen) atoms. The Balaban J connectivity index is 1.03. The van der Waals surface area contributed by atoms with Gasteiger partial charge in [-0.05, 0) is 36.6 Å². The van der Waals surface area contributed by atoms with Crippen molar-refractivity contribution in [2.45, 2.75) is 13.5 Å². The predicted octanol–water partition coefficient (Wildman–Crippen LogP) is 4.32. The van der Waals surface area contributed by atoms with Crippen molar-refractivity contribution < 1.29 is 19.1 Å². The molecule has 2 aliphatic rings. The number of piperazine rings is 1. The molecule has 2 amide bonds. The molecule has 1 saturated heterocycles. The molecule has 9 nitrogen and oxygen atoms in total. The predicted molar refractivity (Wildman–Crippen MR) is 144 cm³/mol. The van der Waals surface area contributed by atoms with Gasteiger partial charge in [0.25, 0.3) is 0 Å². The molecule has 1 aromatic carbocycles. The van der Waals surface area contributed by atoms with Crippen LogP contribution in [0.25, 0.3) is 21.8 Å². The number of thiophene rings is 1. The van der Waals surface area contributed by atoms with Crippen LogP contribution in [0.5, 0.6) is 11.5 Å². The smallest absolute Gasteiger partial charge is 0.315 e. The number of benzene rings is 1. The van der Waals surface area contributed by atoms with Gasteiger partial charge in [-0.15, -0.1) is 22.7 Å². The summed E-state index contributed by atoms with van der Waals surface area (Å²) in [5.41, 5.74) is 3.79. The fourth-order valence-corrected chi connectivity index (χ4v) is 6.65. The summed E-state index contributed by atoms with van der Waals surface area (Å²) in [5.74, 6) is 0.165. The van der Waals surface area contributed by atoms with Crippen LogP contribution in [0.15, 0.2) is 40.4 Å². The Morgan fingerprint density at radius 3 is 2.68 bits per heavy atom. The molecule has 1 N–H and O–H groups in total. The number of hydrogen-bond donors (Lipinski definition) is 1. The third-order valence-electron chi connectivity index (χ3n) is 6.22. The van der Waals surface area contributed by atoms with Crippen LogP contribution in [0.3, 0.4) is 0 Å². The molecule has 2 aliphatic heterocycles. The Morgan fingerprint density at radius 1 is 1.03 bits per heavy atom. The van der Waals surface area contributed by atoms with Crippen molar-refractivity contribution >= 4 is 51.0 Å². The third-order valence-corrected chi connectivity index (χ3v) is 8.73. The average Bonchev–Trinajstić information content (AvgIpc) is 3.71. The summed E-state index contributed by atoms with van der Waals surface area (Å²) in [7, 11) is 0. The van der Waals surface area contributed by atoms with Crippen molar-refractivity contribution in [3.05, 3.63) is 51.0 Å². The number of rotatable bonds is 5. The fourth-order valence-electron chi connectivity index (χ4n) is 4.29. The minimum Gasteiger partial charge on any atom is -0.454 e. The molecule has 0 saturated carbocycles. The van der Waals surface area contributed by atoms with Gasteiger partial charge in [-0.2, -0.15) is 11.3 Å². The molecule has 0 bridgehead atoms. The zero-order valence-corrected chi connectivity index (χ0v) is 22.4. The number of aryl methyl sites for hydroxylation is 1. The highest BCUT2D eigenvalue weighted by Gasteiger charge is 2.27. The molecular formula is C25H23N5O4S3. The van der Waals surface area contributed by atoms with Crippen molar-refractivity contribution in [3.8, 4) is 33.3 Å². The Morgan fingerprint density at radius 2 is 1.86 bits per heavy atom. The maximum Gasteiger partial charge on any atom is 0.315 e. The molecule has 0 aliphatic carbocycles. The van der Waals surface area contributed by atoms with Gasteiger partial charge in [0.2, 0.25) is 6.79 Å². The molecule has 0 spiro atoms. The summed E-state index contributed by atoms with van der Waals surface area (Å²) in [5, 5.41) is 10.4. The quantitative estimate of drug-likeness (QED) is 0.368. The lowest BCUT2D eigenvalue weighted by Gasteiger charge is -2.33. The highest BCUT2D eigenvalue weighted by molar-refractivity contribution is 7.16. The van der Waals surface area contributed by atoms with Gasteiger partial charge < -0.3 is 14.4 Å². The first-order valence-corrected chi connectivity index (χ1v) is 14.3. The SMILES string of the molecule is Cc1sc(NC(=O)C(=O)N2CCN(Cc3csc(-c4ccsc4)n3)CC2)nc1-c1ccc2c(c1)OCO2. The lowest BCUT2D eigenvalue weighted by atomic mass is 10.1. The van der Waals surface area contributed by atoms with Crippen molar-refractivity contribution in [3.63, 3.8) is 0 Å². The summed E-state index contributed by atoms with van der Waals surface area (Å²) in [6.45, 7) is 5.23. The minimum absolute atomic E-state index is 0.202. The van der Waals surface area contributed by atoms with Crippen molar-refractivity contribution in [1.29, 1.82) is 0 Å². The summed E-state index contributed by atoms with van der Waals surface area (Å²) in [6, 6.07) is 7.69. The average molecular weight is 554 g/mol. The van der Waals surface area contributed by atoms with E-state index in [1.54, 1.807) is 27.6 Å². The van der Waals surface area contributed by atoms with Gasteiger partial charge in [0.05, 0.1) is 11.4 Å². The second-order valence-electron chi connectivity index (χ2n) is 8.67. The van der Waals surface area contributed by atoms with Crippen LogP contribution in [0, 0.1) is 6.92 Å². The number of carbonyl (C=O) groups is 2. The molecule has 6 rings (SSSR count). The van der Waals surface area contributed by atoms with Crippen LogP contribution in [-0.2, 0) is 16.1 Å². The Bertz CT molecular complexity index is 1440. The van der Waals surface area contributed by atoms with Crippen LogP contribution >= 0.6 is 34.0 Å². The van der Waals surface area contributed by atoms with Crippen LogP contribution in [0.2, 0.25) is 0 Å². The molecule has 190 valence electrons. The Kier molecular flexibility index (Phi) is 6.63. The highest BCUT2D eigenvalue weighted by atomic mass is 32.1. The Hall–Kier alpha value is -3.32. The molecular weight excluding hydrogens is 531 g/mol. The van der Waals surface area contributed by atoms with Gasteiger partial charge in [-0.25, -0.2) is 9.97 Å². The number of nitrogens with one attached hydrogen (secondary N) is 1. The normalized spacial score (nSPS) is 15.2. The number of thiazole rings is 2. The van der Waals surface area contributed by atoms with Crippen LogP contribution in [0.1, 0.15) is 10.6 Å². The summed E-state index contributed by atoms with van der Waals surface area (Å²) < 4.78 is 10.8. The second-order valence-corrected chi connectivity index (χ2v) is 11.5. The van der Waals surface area contributed by atoms with Gasteiger partial charge in [0, 0.05) is 59.5 Å². The molecule has 1 fully saturated rings. The van der Waals surface area contributed by atoms with E-state index in [1.165, 1.54) is 11.3 Å². The summed E-state index contributed by atoms with van der Waals surface area (Å²) >= 11 is 4.65. The standard InChI is InChI=1S/C25H23N5O4S3/c1-15-21(16-2-3-19-20(10-16)34-14-33-19)27-25(37-15)28-22(31)24(32)30-7-5-29(6-8-30)11-18-13-36-23(26-18)17-4-9-35-12-17/h2-4,9-10,12-13H,5-8,11,14H2,1H3,(H,27,28,31). The Labute approximate surface area is 225 Å². The molecule has 5 heterocycles. The number of amides is 2. The van der Waals surface area contributed by atoms with E-state index in [9.17, 15) is 9.59 Å². The summed E-state index contributed by atoms with van der Waals surface area (Å²) in [6.07, 6.45) is 0. The molecule has 0 radical (unpaired) electrons. The van der Waals surface area contributed by atoms with Crippen molar-refractivity contribution in [2.24, 2.45) is 0 Å². The number of carbonyl (C=O) groups excluding carboxylic acids is 2. The van der Waals surface area contributed by atoms with E-state index in [0.717, 1.165) is 38.9 Å². The number of hydrogen-bond acceptors (Lipinski definition) is 10. The van der Waals surface area contributed by atoms with Crippen LogP contribution < -0.4 is 14.8 Å². The van der Waals surface area contributed by atoms with E-state index in [0.29, 0.717) is 42.8 Å². The van der Waals surface area contributed by atoms with Crippen molar-refractivity contribution in [1.82, 2.24) is 19.8 Å². The van der Waals surface area contributed by atoms with E-state index < -0.39 is 11.8 Å². The highest BCUT2D eigenvalue weighted by Crippen LogP contribution is 2.38. The second kappa shape index (κ2) is 10.2. The first-order valence-electron chi connectivity index (χ1n) is 11.7. The van der Waals surface area contributed by atoms with Gasteiger partial charge >= 0.3 is 11.8 Å². The lowest BCUT2D eigenvalue weighted by Crippen LogP contribution is -2.51. The van der Waals surface area contributed by atoms with Gasteiger partial charge in [0.15, 0.2) is 16.6 Å². The maximum atomic E-state index is 12.8. The largest absolute Gasteiger partial charge is 0.454 e. The number of nitrogens with zero attached hydrogens (tertiary/aromatic N) is 4. The monoisotopic (exact) mass is 553 g/mol. The van der Waals surface area contributed by atoms with E-state index in [4.69, 9.17) is 14.5 Å². The van der Waals surface area contributed by atoms with Crippen molar-refractivity contribution in [2.75, 3.05) is 38.3 Å². The molecule has 3 aromatic heterocycles. The third kappa shape index (κ3) is 5.10. The molecule has 0 atom stereocenters. The molecule has 4 aromatic rings. The van der Waals surface area contributed by atoms with E-state index in [2.05, 4.69) is 37.4 Å². The van der Waals surface area contributed by atoms with E-state index in [1.807, 2.05) is 25.1 Å². The number of anilines is 1. The lowest BCUT2D eigenvalue weighted by molar-refractivity contribution is -0.144. The topological polar surface area (TPSA) is 96.9 Å². The summed E-state index contributed by atoms with van der Waals surface area (Å²) in [4.78, 5) is 39.6. The number of fused-ring (bicyclic) bond motifs is 1. The maximum absolute atomic E-state index is 12.8. The van der Waals surface area contributed by atoms with E-state index in [-0.39, 0.29) is 6.79 Å². The van der Waals surface area contributed by atoms with Crippen LogP contribution in [0.4, 0.5) is 5.13 Å². The minimum atomic E-state index is -0.667. The number of aromatic nitrogens is 2. The number of ether oxygens (including phenoxy) is 2. The first kappa shape index (κ1) is 24.0. The molecule has 0 unspecified atom stereocenters. The van der Waals surface area contributed by atoms with Crippen LogP contribution in [-0.4, -0.2) is 64.6 Å². The molecule has 12 heteroatoms.